The number of fused-ring (bicyclic) bond motifs is 1. The third-order valence-electron chi connectivity index (χ3n) is 8.55. The van der Waals surface area contributed by atoms with Gasteiger partial charge in [-0.2, -0.15) is 0 Å². The summed E-state index contributed by atoms with van der Waals surface area (Å²) in [6, 6.07) is 7.06. The zero-order valence-corrected chi connectivity index (χ0v) is 24.3. The van der Waals surface area contributed by atoms with Crippen molar-refractivity contribution in [2.75, 3.05) is 6.54 Å². The predicted molar refractivity (Wildman–Crippen MR) is 158 cm³/mol. The van der Waals surface area contributed by atoms with Gasteiger partial charge in [0.2, 0.25) is 0 Å². The van der Waals surface area contributed by atoms with Crippen molar-refractivity contribution in [3.8, 4) is 0 Å². The van der Waals surface area contributed by atoms with Gasteiger partial charge in [0.25, 0.3) is 0 Å². The number of allylic oxidation sites excluding steroid dienone is 2. The molecular weight excluding hydrogens is 422 g/mol. The van der Waals surface area contributed by atoms with Gasteiger partial charge in [-0.3, -0.25) is 4.99 Å². The third kappa shape index (κ3) is 10.3. The highest BCUT2D eigenvalue weighted by atomic mass is 14.7. The third-order valence-corrected chi connectivity index (χ3v) is 8.55. The predicted octanol–water partition coefficient (Wildman–Crippen LogP) is 10.7. The Kier molecular flexibility index (Phi) is 13.4. The lowest BCUT2D eigenvalue weighted by Gasteiger charge is -2.46. The van der Waals surface area contributed by atoms with Crippen LogP contribution in [-0.4, -0.2) is 12.8 Å². The van der Waals surface area contributed by atoms with Gasteiger partial charge in [-0.1, -0.05) is 124 Å². The van der Waals surface area contributed by atoms with Gasteiger partial charge in [0.05, 0.1) is 0 Å². The highest BCUT2D eigenvalue weighted by molar-refractivity contribution is 5.80. The van der Waals surface area contributed by atoms with Gasteiger partial charge >= 0.3 is 0 Å². The van der Waals surface area contributed by atoms with Crippen molar-refractivity contribution < 1.29 is 0 Å². The van der Waals surface area contributed by atoms with Crippen LogP contribution in [0.1, 0.15) is 155 Å². The normalized spacial score (nSPS) is 19.0. The molecule has 1 aromatic rings. The topological polar surface area (TPSA) is 12.4 Å². The lowest BCUT2D eigenvalue weighted by molar-refractivity contribution is 0.233. The van der Waals surface area contributed by atoms with Crippen molar-refractivity contribution in [3.05, 3.63) is 47.0 Å². The SMILES string of the molecule is CCCCCCCC/C=C/CCCCCCCCN=Cc1ccc2c(c1)C(C)(C)CC(C)C2(C)C. The number of rotatable bonds is 17. The highest BCUT2D eigenvalue weighted by Gasteiger charge is 2.41. The fourth-order valence-corrected chi connectivity index (χ4v) is 5.78. The van der Waals surface area contributed by atoms with Gasteiger partial charge in [-0.05, 0) is 78.0 Å². The molecule has 1 nitrogen and oxygen atoms in total. The second-order valence-corrected chi connectivity index (χ2v) is 12.5. The summed E-state index contributed by atoms with van der Waals surface area (Å²) in [5, 5.41) is 0. The van der Waals surface area contributed by atoms with Gasteiger partial charge in [0.1, 0.15) is 0 Å². The number of unbranched alkanes of at least 4 members (excludes halogenated alkanes) is 12. The molecule has 2 rings (SSSR count). The maximum atomic E-state index is 4.76. The van der Waals surface area contributed by atoms with E-state index in [1.54, 1.807) is 0 Å². The molecule has 0 amide bonds. The molecule has 0 saturated carbocycles. The minimum Gasteiger partial charge on any atom is -0.293 e. The quantitative estimate of drug-likeness (QED) is 0.120. The molecule has 0 heterocycles. The number of nitrogens with zero attached hydrogens (tertiary/aromatic N) is 1. The van der Waals surface area contributed by atoms with E-state index in [4.69, 9.17) is 4.99 Å². The molecular formula is C34H57N. The highest BCUT2D eigenvalue weighted by Crippen LogP contribution is 2.49. The lowest BCUT2D eigenvalue weighted by atomic mass is 9.58. The molecule has 0 bridgehead atoms. The second-order valence-electron chi connectivity index (χ2n) is 12.5. The smallest absolute Gasteiger partial charge is 0.0389 e. The fourth-order valence-electron chi connectivity index (χ4n) is 5.78. The van der Waals surface area contributed by atoms with Gasteiger partial charge in [-0.25, -0.2) is 0 Å². The van der Waals surface area contributed by atoms with Crippen molar-refractivity contribution in [3.63, 3.8) is 0 Å². The minimum atomic E-state index is 0.248. The summed E-state index contributed by atoms with van der Waals surface area (Å²) in [6.45, 7) is 15.3. The molecule has 0 aliphatic heterocycles. The zero-order chi connectivity index (χ0) is 25.6. The van der Waals surface area contributed by atoms with Crippen molar-refractivity contribution in [1.82, 2.24) is 0 Å². The van der Waals surface area contributed by atoms with E-state index < -0.39 is 0 Å². The summed E-state index contributed by atoms with van der Waals surface area (Å²) in [4.78, 5) is 4.76. The fraction of sp³-hybridized carbons (Fsp3) is 0.735. The molecule has 1 aliphatic rings. The van der Waals surface area contributed by atoms with E-state index in [-0.39, 0.29) is 10.8 Å². The van der Waals surface area contributed by atoms with Crippen LogP contribution in [0.2, 0.25) is 0 Å². The largest absolute Gasteiger partial charge is 0.293 e. The van der Waals surface area contributed by atoms with Crippen LogP contribution in [0.3, 0.4) is 0 Å². The van der Waals surface area contributed by atoms with Crippen LogP contribution < -0.4 is 0 Å². The number of hydrogen-bond donors (Lipinski definition) is 0. The number of aliphatic imine (C=N–C) groups is 1. The number of benzene rings is 1. The first-order valence-corrected chi connectivity index (χ1v) is 15.1. The zero-order valence-electron chi connectivity index (χ0n) is 24.3. The molecule has 0 spiro atoms. The first kappa shape index (κ1) is 29.9. The molecule has 1 atom stereocenters. The monoisotopic (exact) mass is 479 g/mol. The second kappa shape index (κ2) is 15.7. The summed E-state index contributed by atoms with van der Waals surface area (Å²) in [7, 11) is 0. The molecule has 1 unspecified atom stereocenters. The van der Waals surface area contributed by atoms with Crippen LogP contribution in [-0.2, 0) is 10.8 Å². The van der Waals surface area contributed by atoms with E-state index in [0.29, 0.717) is 5.92 Å². The maximum Gasteiger partial charge on any atom is 0.0389 e. The Balaban J connectivity index is 1.54. The van der Waals surface area contributed by atoms with Gasteiger partial charge in [0.15, 0.2) is 0 Å². The van der Waals surface area contributed by atoms with E-state index in [2.05, 4.69) is 78.1 Å². The van der Waals surface area contributed by atoms with Crippen LogP contribution >= 0.6 is 0 Å². The maximum absolute atomic E-state index is 4.76. The standard InChI is InChI=1S/C34H57N/c1-7-8-9-10-11-12-13-14-15-16-17-18-19-20-21-22-25-35-28-30-23-24-31-32(26-30)33(3,4)27-29(2)34(31,5)6/h14-15,23-24,26,28-29H,7-13,16-22,25,27H2,1-6H3/b15-14+,35-28?. The Bertz CT molecular complexity index is 767. The van der Waals surface area contributed by atoms with Crippen LogP contribution in [0.4, 0.5) is 0 Å². The van der Waals surface area contributed by atoms with Crippen LogP contribution in [0.15, 0.2) is 35.3 Å². The summed E-state index contributed by atoms with van der Waals surface area (Å²) >= 11 is 0. The molecule has 0 fully saturated rings. The summed E-state index contributed by atoms with van der Waals surface area (Å²) in [5.74, 6) is 0.705. The Morgan fingerprint density at radius 3 is 1.97 bits per heavy atom. The molecule has 198 valence electrons. The Hall–Kier alpha value is -1.37. The first-order valence-electron chi connectivity index (χ1n) is 15.1. The molecule has 1 heteroatoms. The number of hydrogen-bond acceptors (Lipinski definition) is 1. The Morgan fingerprint density at radius 2 is 1.34 bits per heavy atom. The van der Waals surface area contributed by atoms with Crippen molar-refractivity contribution in [1.29, 1.82) is 0 Å². The van der Waals surface area contributed by atoms with E-state index >= 15 is 0 Å². The first-order chi connectivity index (χ1) is 16.8. The molecule has 0 aromatic heterocycles. The lowest BCUT2D eigenvalue weighted by Crippen LogP contribution is -2.40. The molecule has 0 N–H and O–H groups in total. The van der Waals surface area contributed by atoms with Crippen molar-refractivity contribution in [2.45, 2.75) is 149 Å². The summed E-state index contributed by atoms with van der Waals surface area (Å²) in [6.07, 6.45) is 27.2. The average Bonchev–Trinajstić information content (AvgIpc) is 2.82. The van der Waals surface area contributed by atoms with E-state index in [1.807, 2.05) is 0 Å². The minimum absolute atomic E-state index is 0.248. The van der Waals surface area contributed by atoms with Crippen LogP contribution in [0.25, 0.3) is 0 Å². The van der Waals surface area contributed by atoms with Gasteiger partial charge in [-0.15, -0.1) is 0 Å². The van der Waals surface area contributed by atoms with Gasteiger partial charge < -0.3 is 0 Å². The molecule has 0 radical (unpaired) electrons. The summed E-state index contributed by atoms with van der Waals surface area (Å²) < 4.78 is 0. The molecule has 35 heavy (non-hydrogen) atoms. The molecule has 0 saturated heterocycles. The van der Waals surface area contributed by atoms with Crippen LogP contribution in [0.5, 0.6) is 0 Å². The Morgan fingerprint density at radius 1 is 0.771 bits per heavy atom. The average molecular weight is 480 g/mol. The van der Waals surface area contributed by atoms with Gasteiger partial charge in [0, 0.05) is 12.8 Å². The van der Waals surface area contributed by atoms with Crippen LogP contribution in [0, 0.1) is 5.92 Å². The molecule has 1 aromatic carbocycles. The van der Waals surface area contributed by atoms with Crippen molar-refractivity contribution in [2.24, 2.45) is 10.9 Å². The molecule has 1 aliphatic carbocycles. The van der Waals surface area contributed by atoms with E-state index in [1.165, 1.54) is 113 Å². The van der Waals surface area contributed by atoms with E-state index in [9.17, 15) is 0 Å². The van der Waals surface area contributed by atoms with E-state index in [0.717, 1.165) is 6.54 Å². The Labute approximate surface area is 219 Å². The van der Waals surface area contributed by atoms with Crippen molar-refractivity contribution >= 4 is 6.21 Å². The summed E-state index contributed by atoms with van der Waals surface area (Å²) in [5.41, 5.74) is 4.84.